The van der Waals surface area contributed by atoms with Gasteiger partial charge in [0.1, 0.15) is 0 Å². The second-order valence-electron chi connectivity index (χ2n) is 7.61. The van der Waals surface area contributed by atoms with E-state index < -0.39 is 0 Å². The number of aryl methyl sites for hydroxylation is 1. The molecule has 0 aliphatic carbocycles. The lowest BCUT2D eigenvalue weighted by Crippen LogP contribution is -2.28. The largest absolute Gasteiger partial charge is 0.354 e. The van der Waals surface area contributed by atoms with Gasteiger partial charge in [0, 0.05) is 35.8 Å². The first-order valence-corrected chi connectivity index (χ1v) is 9.73. The Balaban J connectivity index is 2.05. The molecule has 0 bridgehead atoms. The normalized spacial score (nSPS) is 11.7. The zero-order valence-corrected chi connectivity index (χ0v) is 16.6. The molecule has 5 heteroatoms. The molecular weight excluding hydrogens is 362 g/mol. The van der Waals surface area contributed by atoms with E-state index in [9.17, 15) is 9.59 Å². The Hall–Kier alpha value is -3.60. The van der Waals surface area contributed by atoms with Crippen LogP contribution >= 0.6 is 0 Å². The van der Waals surface area contributed by atoms with Crippen molar-refractivity contribution in [2.45, 2.75) is 13.3 Å². The van der Waals surface area contributed by atoms with Crippen LogP contribution in [-0.4, -0.2) is 23.8 Å². The van der Waals surface area contributed by atoms with Gasteiger partial charge in [-0.2, -0.15) is 0 Å². The zero-order valence-electron chi connectivity index (χ0n) is 16.6. The summed E-state index contributed by atoms with van der Waals surface area (Å²) in [5.74, 6) is 0. The summed E-state index contributed by atoms with van der Waals surface area (Å²) in [6.45, 7) is 2.08. The third kappa shape index (κ3) is 2.47. The smallest absolute Gasteiger partial charge is 0.197 e. The Morgan fingerprint density at radius 2 is 1.52 bits per heavy atom. The second kappa shape index (κ2) is 6.21. The quantitative estimate of drug-likeness (QED) is 0.470. The van der Waals surface area contributed by atoms with Crippen molar-refractivity contribution in [3.63, 3.8) is 0 Å². The summed E-state index contributed by atoms with van der Waals surface area (Å²) in [5.41, 5.74) is 4.08. The molecule has 0 fully saturated rings. The summed E-state index contributed by atoms with van der Waals surface area (Å²) in [7, 11) is 3.87. The molecule has 0 radical (unpaired) electrons. The second-order valence-corrected chi connectivity index (χ2v) is 7.61. The van der Waals surface area contributed by atoms with Gasteiger partial charge in [-0.3, -0.25) is 14.3 Å². The summed E-state index contributed by atoms with van der Waals surface area (Å²) in [6, 6.07) is 17.1. The lowest BCUT2D eigenvalue weighted by Gasteiger charge is -2.23. The average Bonchev–Trinajstić information content (AvgIpc) is 2.73. The van der Waals surface area contributed by atoms with Gasteiger partial charge in [-0.05, 0) is 48.4 Å². The number of aromatic nitrogens is 2. The van der Waals surface area contributed by atoms with Gasteiger partial charge in [0.25, 0.3) is 0 Å². The number of fused-ring (bicyclic) bond motifs is 4. The maximum absolute atomic E-state index is 13.4. The maximum Gasteiger partial charge on any atom is 0.197 e. The van der Waals surface area contributed by atoms with E-state index in [4.69, 9.17) is 0 Å². The van der Waals surface area contributed by atoms with Crippen molar-refractivity contribution < 1.29 is 0 Å². The number of aromatic amines is 1. The minimum absolute atomic E-state index is 0.0145. The molecular formula is C24H21N3O2. The Morgan fingerprint density at radius 3 is 2.28 bits per heavy atom. The van der Waals surface area contributed by atoms with E-state index in [-0.39, 0.29) is 10.9 Å². The molecule has 1 N–H and O–H groups in total. The number of para-hydroxylation sites is 1. The van der Waals surface area contributed by atoms with Crippen molar-refractivity contribution in [2.24, 2.45) is 0 Å². The SMILES string of the molecule is CCc1ccc2c(c1)c(=O)c1cc3[nH]c4ccccc4c(=O)c3cc1n2N(C)C. The molecule has 0 amide bonds. The summed E-state index contributed by atoms with van der Waals surface area (Å²) >= 11 is 0. The van der Waals surface area contributed by atoms with E-state index in [1.807, 2.05) is 72.3 Å². The van der Waals surface area contributed by atoms with Crippen LogP contribution in [0, 0.1) is 0 Å². The number of hydrogen-bond acceptors (Lipinski definition) is 3. The molecule has 0 unspecified atom stereocenters. The van der Waals surface area contributed by atoms with Gasteiger partial charge in [0.15, 0.2) is 10.9 Å². The molecule has 0 spiro atoms. The molecule has 2 aromatic heterocycles. The fraction of sp³-hybridized carbons (Fsp3) is 0.167. The standard InChI is InChI=1S/C24H21N3O2/c1-4-14-9-10-21-17(11-14)24(29)18-12-20-16(13-22(18)27(21)26(2)3)23(28)15-7-5-6-8-19(15)25-20/h5-13H,4H2,1-3H3,(H,25,28). The molecule has 144 valence electrons. The Morgan fingerprint density at radius 1 is 0.793 bits per heavy atom. The van der Waals surface area contributed by atoms with Gasteiger partial charge >= 0.3 is 0 Å². The number of H-pyrrole nitrogens is 1. The van der Waals surface area contributed by atoms with E-state index in [0.717, 1.165) is 28.5 Å². The molecule has 5 rings (SSSR count). The van der Waals surface area contributed by atoms with Crippen LogP contribution in [0.15, 0.2) is 64.2 Å². The van der Waals surface area contributed by atoms with E-state index in [0.29, 0.717) is 27.1 Å². The highest BCUT2D eigenvalue weighted by molar-refractivity contribution is 6.03. The fourth-order valence-corrected chi connectivity index (χ4v) is 4.19. The van der Waals surface area contributed by atoms with Crippen LogP contribution in [0.1, 0.15) is 12.5 Å². The number of nitrogens with one attached hydrogen (secondary N) is 1. The molecule has 5 aromatic rings. The van der Waals surface area contributed by atoms with Gasteiger partial charge < -0.3 is 9.99 Å². The van der Waals surface area contributed by atoms with E-state index in [1.54, 1.807) is 0 Å². The summed E-state index contributed by atoms with van der Waals surface area (Å²) in [4.78, 5) is 29.9. The molecule has 0 saturated carbocycles. The molecule has 3 aromatic carbocycles. The number of hydrogen-bond donors (Lipinski definition) is 1. The molecule has 5 nitrogen and oxygen atoms in total. The van der Waals surface area contributed by atoms with E-state index >= 15 is 0 Å². The Kier molecular flexibility index (Phi) is 3.74. The molecule has 0 saturated heterocycles. The monoisotopic (exact) mass is 383 g/mol. The zero-order chi connectivity index (χ0) is 20.3. The summed E-state index contributed by atoms with van der Waals surface area (Å²) in [5, 5.41) is 4.45. The third-order valence-electron chi connectivity index (χ3n) is 5.64. The predicted molar refractivity (Wildman–Crippen MR) is 121 cm³/mol. The van der Waals surface area contributed by atoms with Gasteiger partial charge in [-0.15, -0.1) is 0 Å². The highest BCUT2D eigenvalue weighted by Gasteiger charge is 2.15. The first-order chi connectivity index (χ1) is 14.0. The van der Waals surface area contributed by atoms with E-state index in [1.165, 1.54) is 0 Å². The topological polar surface area (TPSA) is 58.1 Å². The van der Waals surface area contributed by atoms with Crippen LogP contribution in [0.5, 0.6) is 0 Å². The van der Waals surface area contributed by atoms with Gasteiger partial charge in [-0.25, -0.2) is 0 Å². The molecule has 0 aliphatic rings. The first kappa shape index (κ1) is 17.5. The van der Waals surface area contributed by atoms with Crippen LogP contribution in [0.4, 0.5) is 0 Å². The van der Waals surface area contributed by atoms with Crippen LogP contribution < -0.4 is 15.9 Å². The number of benzene rings is 3. The molecule has 0 aliphatic heterocycles. The summed E-state index contributed by atoms with van der Waals surface area (Å²) < 4.78 is 2.00. The van der Waals surface area contributed by atoms with Crippen molar-refractivity contribution in [3.05, 3.63) is 80.6 Å². The van der Waals surface area contributed by atoms with Crippen LogP contribution in [0.3, 0.4) is 0 Å². The van der Waals surface area contributed by atoms with Crippen molar-refractivity contribution in [2.75, 3.05) is 19.1 Å². The molecule has 29 heavy (non-hydrogen) atoms. The van der Waals surface area contributed by atoms with Gasteiger partial charge in [0.2, 0.25) is 0 Å². The van der Waals surface area contributed by atoms with Crippen molar-refractivity contribution >= 4 is 43.6 Å². The maximum atomic E-state index is 13.4. The minimum atomic E-state index is -0.0320. The van der Waals surface area contributed by atoms with Crippen LogP contribution in [0.25, 0.3) is 43.6 Å². The van der Waals surface area contributed by atoms with Crippen molar-refractivity contribution in [3.8, 4) is 0 Å². The molecule has 0 atom stereocenters. The highest BCUT2D eigenvalue weighted by Crippen LogP contribution is 2.24. The van der Waals surface area contributed by atoms with Gasteiger partial charge in [0.05, 0.1) is 21.9 Å². The third-order valence-corrected chi connectivity index (χ3v) is 5.64. The van der Waals surface area contributed by atoms with Crippen molar-refractivity contribution in [1.29, 1.82) is 0 Å². The summed E-state index contributed by atoms with van der Waals surface area (Å²) in [6.07, 6.45) is 0.867. The van der Waals surface area contributed by atoms with Crippen LogP contribution in [-0.2, 0) is 6.42 Å². The Labute approximate surface area is 166 Å². The van der Waals surface area contributed by atoms with E-state index in [2.05, 4.69) is 18.0 Å². The first-order valence-electron chi connectivity index (χ1n) is 9.73. The van der Waals surface area contributed by atoms with Crippen LogP contribution in [0.2, 0.25) is 0 Å². The average molecular weight is 383 g/mol. The predicted octanol–water partition coefficient (Wildman–Crippen LogP) is 3.91. The lowest BCUT2D eigenvalue weighted by atomic mass is 10.0. The molecule has 2 heterocycles. The number of rotatable bonds is 2. The highest BCUT2D eigenvalue weighted by atomic mass is 16.1. The number of pyridine rings is 2. The lowest BCUT2D eigenvalue weighted by molar-refractivity contribution is 0.783. The fourth-order valence-electron chi connectivity index (χ4n) is 4.19. The number of nitrogens with zero attached hydrogens (tertiary/aromatic N) is 2. The minimum Gasteiger partial charge on any atom is -0.354 e. The van der Waals surface area contributed by atoms with Gasteiger partial charge in [-0.1, -0.05) is 25.1 Å². The van der Waals surface area contributed by atoms with Crippen molar-refractivity contribution in [1.82, 2.24) is 9.66 Å². The Bertz CT molecular complexity index is 1560.